The van der Waals surface area contributed by atoms with E-state index in [0.29, 0.717) is 19.1 Å². The molecule has 1 aliphatic rings. The normalized spacial score (nSPS) is 19.5. The van der Waals surface area contributed by atoms with Gasteiger partial charge in [0.25, 0.3) is 0 Å². The van der Waals surface area contributed by atoms with Gasteiger partial charge >= 0.3 is 5.97 Å². The van der Waals surface area contributed by atoms with Crippen LogP contribution in [0.1, 0.15) is 61.5 Å². The van der Waals surface area contributed by atoms with Crippen LogP contribution in [0.2, 0.25) is 0 Å². The van der Waals surface area contributed by atoms with Crippen LogP contribution in [0.25, 0.3) is 0 Å². The van der Waals surface area contributed by atoms with Gasteiger partial charge in [-0.2, -0.15) is 0 Å². The van der Waals surface area contributed by atoms with E-state index in [4.69, 9.17) is 4.74 Å². The standard InChI is InChI=1S/C18H25NO3/c1-12-8-17-16(9-15(12)11-20)13(2)10-18(4,5)19(17)6-7-22-14(3)21/h8-9,11,13H,6-7,10H2,1-5H3. The van der Waals surface area contributed by atoms with Crippen LogP contribution in [-0.4, -0.2) is 30.9 Å². The third-order valence-corrected chi connectivity index (χ3v) is 4.52. The van der Waals surface area contributed by atoms with Gasteiger partial charge in [0, 0.05) is 23.7 Å². The van der Waals surface area contributed by atoms with Crippen LogP contribution in [0, 0.1) is 6.92 Å². The van der Waals surface area contributed by atoms with Gasteiger partial charge in [0.15, 0.2) is 0 Å². The molecular weight excluding hydrogens is 278 g/mol. The van der Waals surface area contributed by atoms with Gasteiger partial charge in [0.2, 0.25) is 0 Å². The number of rotatable bonds is 4. The number of aryl methyl sites for hydroxylation is 1. The molecule has 1 aromatic carbocycles. The van der Waals surface area contributed by atoms with Crippen molar-refractivity contribution in [2.75, 3.05) is 18.1 Å². The molecule has 4 nitrogen and oxygen atoms in total. The summed E-state index contributed by atoms with van der Waals surface area (Å²) in [6.45, 7) is 11.0. The highest BCUT2D eigenvalue weighted by Gasteiger charge is 2.36. The number of aldehydes is 1. The van der Waals surface area contributed by atoms with Gasteiger partial charge in [-0.3, -0.25) is 9.59 Å². The zero-order valence-electron chi connectivity index (χ0n) is 14.1. The molecule has 2 rings (SSSR count). The first-order valence-corrected chi connectivity index (χ1v) is 7.77. The average Bonchev–Trinajstić information content (AvgIpc) is 2.41. The second-order valence-electron chi connectivity index (χ2n) is 6.79. The van der Waals surface area contributed by atoms with Gasteiger partial charge in [-0.1, -0.05) is 6.92 Å². The minimum atomic E-state index is -0.254. The summed E-state index contributed by atoms with van der Waals surface area (Å²) in [5.41, 5.74) is 4.08. The van der Waals surface area contributed by atoms with E-state index in [1.165, 1.54) is 12.5 Å². The molecule has 1 unspecified atom stereocenters. The van der Waals surface area contributed by atoms with Gasteiger partial charge in [0.05, 0.1) is 6.54 Å². The summed E-state index contributed by atoms with van der Waals surface area (Å²) in [5.74, 6) is 0.144. The Morgan fingerprint density at radius 2 is 2.14 bits per heavy atom. The van der Waals surface area contributed by atoms with Crippen molar-refractivity contribution in [2.24, 2.45) is 0 Å². The molecule has 0 aromatic heterocycles. The number of ether oxygens (including phenoxy) is 1. The van der Waals surface area contributed by atoms with Gasteiger partial charge in [-0.25, -0.2) is 0 Å². The van der Waals surface area contributed by atoms with Gasteiger partial charge < -0.3 is 9.64 Å². The lowest BCUT2D eigenvalue weighted by atomic mass is 9.79. The molecule has 0 amide bonds. The van der Waals surface area contributed by atoms with Crippen LogP contribution in [0.5, 0.6) is 0 Å². The molecule has 1 aromatic rings. The number of benzene rings is 1. The third kappa shape index (κ3) is 3.16. The number of hydrogen-bond acceptors (Lipinski definition) is 4. The smallest absolute Gasteiger partial charge is 0.302 e. The van der Waals surface area contributed by atoms with Crippen molar-refractivity contribution >= 4 is 17.9 Å². The molecule has 1 heterocycles. The molecule has 0 spiro atoms. The number of nitrogens with zero attached hydrogens (tertiary/aromatic N) is 1. The fourth-order valence-electron chi connectivity index (χ4n) is 3.48. The maximum Gasteiger partial charge on any atom is 0.302 e. The van der Waals surface area contributed by atoms with Crippen molar-refractivity contribution in [1.82, 2.24) is 0 Å². The second kappa shape index (κ2) is 6.11. The van der Waals surface area contributed by atoms with Crippen molar-refractivity contribution in [2.45, 2.75) is 52.5 Å². The average molecular weight is 303 g/mol. The highest BCUT2D eigenvalue weighted by molar-refractivity contribution is 5.80. The largest absolute Gasteiger partial charge is 0.464 e. The Kier molecular flexibility index (Phi) is 4.59. The molecule has 1 atom stereocenters. The summed E-state index contributed by atoms with van der Waals surface area (Å²) in [6.07, 6.45) is 1.92. The van der Waals surface area contributed by atoms with Crippen LogP contribution in [0.3, 0.4) is 0 Å². The summed E-state index contributed by atoms with van der Waals surface area (Å²) >= 11 is 0. The van der Waals surface area contributed by atoms with E-state index in [2.05, 4.69) is 31.7 Å². The van der Waals surface area contributed by atoms with Crippen LogP contribution in [0.4, 0.5) is 5.69 Å². The molecule has 0 aliphatic carbocycles. The van der Waals surface area contributed by atoms with Crippen molar-refractivity contribution < 1.29 is 14.3 Å². The Labute approximate surface area is 132 Å². The SMILES string of the molecule is CC(=O)OCCN1c2cc(C)c(C=O)cc2C(C)CC1(C)C. The Bertz CT molecular complexity index is 592. The predicted octanol–water partition coefficient (Wildman–Crippen LogP) is 3.46. The maximum atomic E-state index is 11.2. The quantitative estimate of drug-likeness (QED) is 0.631. The minimum absolute atomic E-state index is 0.0122. The Hall–Kier alpha value is -1.84. The van der Waals surface area contributed by atoms with Crippen molar-refractivity contribution in [1.29, 1.82) is 0 Å². The number of carbonyl (C=O) groups is 2. The zero-order valence-corrected chi connectivity index (χ0v) is 14.1. The first-order valence-electron chi connectivity index (χ1n) is 7.77. The van der Waals surface area contributed by atoms with E-state index < -0.39 is 0 Å². The van der Waals surface area contributed by atoms with Crippen LogP contribution < -0.4 is 4.90 Å². The molecule has 0 radical (unpaired) electrons. The third-order valence-electron chi connectivity index (χ3n) is 4.52. The molecule has 0 fully saturated rings. The van der Waals surface area contributed by atoms with Crippen molar-refractivity contribution in [3.8, 4) is 0 Å². The second-order valence-corrected chi connectivity index (χ2v) is 6.79. The van der Waals surface area contributed by atoms with Gasteiger partial charge in [0.1, 0.15) is 12.9 Å². The van der Waals surface area contributed by atoms with Gasteiger partial charge in [-0.05, 0) is 56.4 Å². The topological polar surface area (TPSA) is 46.6 Å². The van der Waals surface area contributed by atoms with Crippen LogP contribution in [-0.2, 0) is 9.53 Å². The monoisotopic (exact) mass is 303 g/mol. The fourth-order valence-corrected chi connectivity index (χ4v) is 3.48. The maximum absolute atomic E-state index is 11.2. The molecule has 0 N–H and O–H groups in total. The first-order chi connectivity index (χ1) is 10.3. The lowest BCUT2D eigenvalue weighted by molar-refractivity contribution is -0.140. The minimum Gasteiger partial charge on any atom is -0.464 e. The lowest BCUT2D eigenvalue weighted by Gasteiger charge is -2.47. The van der Waals surface area contributed by atoms with Crippen molar-refractivity contribution in [3.05, 3.63) is 28.8 Å². The van der Waals surface area contributed by atoms with Crippen molar-refractivity contribution in [3.63, 3.8) is 0 Å². The number of anilines is 1. The molecule has 4 heteroatoms. The Balaban J connectivity index is 2.40. The summed E-state index contributed by atoms with van der Waals surface area (Å²) in [6, 6.07) is 4.10. The Morgan fingerprint density at radius 3 is 2.73 bits per heavy atom. The molecule has 22 heavy (non-hydrogen) atoms. The highest BCUT2D eigenvalue weighted by atomic mass is 16.5. The summed E-state index contributed by atoms with van der Waals surface area (Å²) in [5, 5.41) is 0. The van der Waals surface area contributed by atoms with Crippen LogP contribution >= 0.6 is 0 Å². The number of fused-ring (bicyclic) bond motifs is 1. The van der Waals surface area contributed by atoms with E-state index in [1.807, 2.05) is 13.0 Å². The van der Waals surface area contributed by atoms with E-state index in [-0.39, 0.29) is 11.5 Å². The number of carbonyl (C=O) groups excluding carboxylic acids is 2. The molecule has 0 saturated heterocycles. The molecule has 0 saturated carbocycles. The highest BCUT2D eigenvalue weighted by Crippen LogP contribution is 2.44. The fraction of sp³-hybridized carbons (Fsp3) is 0.556. The number of hydrogen-bond donors (Lipinski definition) is 0. The van der Waals surface area contributed by atoms with Crippen LogP contribution in [0.15, 0.2) is 12.1 Å². The summed E-state index contributed by atoms with van der Waals surface area (Å²) in [4.78, 5) is 24.5. The van der Waals surface area contributed by atoms with Gasteiger partial charge in [-0.15, -0.1) is 0 Å². The van der Waals surface area contributed by atoms with E-state index in [9.17, 15) is 9.59 Å². The lowest BCUT2D eigenvalue weighted by Crippen LogP contribution is -2.50. The molecule has 120 valence electrons. The molecule has 1 aliphatic heterocycles. The summed E-state index contributed by atoms with van der Waals surface area (Å²) < 4.78 is 5.12. The van der Waals surface area contributed by atoms with E-state index in [0.717, 1.165) is 29.5 Å². The Morgan fingerprint density at radius 1 is 1.45 bits per heavy atom. The molecule has 0 bridgehead atoms. The first kappa shape index (κ1) is 16.5. The summed E-state index contributed by atoms with van der Waals surface area (Å²) in [7, 11) is 0. The molecular formula is C18H25NO3. The predicted molar refractivity (Wildman–Crippen MR) is 87.7 cm³/mol. The van der Waals surface area contributed by atoms with E-state index in [1.54, 1.807) is 0 Å². The number of esters is 1. The zero-order chi connectivity index (χ0) is 16.5. The van der Waals surface area contributed by atoms with E-state index >= 15 is 0 Å².